The molecule has 1 N–H and O–H groups in total. The molecule has 1 saturated heterocycles. The van der Waals surface area contributed by atoms with Crippen LogP contribution in [0.1, 0.15) is 12.8 Å². The molecule has 2 heterocycles. The van der Waals surface area contributed by atoms with Crippen molar-refractivity contribution in [2.45, 2.75) is 17.7 Å². The summed E-state index contributed by atoms with van der Waals surface area (Å²) < 4.78 is 38.8. The van der Waals surface area contributed by atoms with Crippen LogP contribution in [0.4, 0.5) is 5.69 Å². The first kappa shape index (κ1) is 22.0. The molecule has 0 unspecified atom stereocenters. The second-order valence-electron chi connectivity index (χ2n) is 8.15. The molecule has 0 bridgehead atoms. The van der Waals surface area contributed by atoms with Crippen LogP contribution in [0.15, 0.2) is 59.5 Å². The van der Waals surface area contributed by atoms with Gasteiger partial charge in [0.15, 0.2) is 11.5 Å². The smallest absolute Gasteiger partial charge is 0.243 e. The summed E-state index contributed by atoms with van der Waals surface area (Å²) >= 11 is 6.30. The van der Waals surface area contributed by atoms with Crippen LogP contribution in [0.3, 0.4) is 0 Å². The summed E-state index contributed by atoms with van der Waals surface area (Å²) in [5.41, 5.74) is 0.456. The van der Waals surface area contributed by atoms with E-state index in [-0.39, 0.29) is 29.8 Å². The molecular formula is C24H23ClN2O5S. The molecular weight excluding hydrogens is 464 g/mol. The summed E-state index contributed by atoms with van der Waals surface area (Å²) in [5, 5.41) is 5.10. The van der Waals surface area contributed by atoms with Crippen molar-refractivity contribution < 1.29 is 22.7 Å². The zero-order valence-corrected chi connectivity index (χ0v) is 19.4. The minimum Gasteiger partial charge on any atom is -0.486 e. The van der Waals surface area contributed by atoms with Crippen molar-refractivity contribution in [2.75, 3.05) is 31.6 Å². The number of hydrogen-bond donors (Lipinski definition) is 1. The molecule has 5 rings (SSSR count). The van der Waals surface area contributed by atoms with Crippen molar-refractivity contribution in [3.05, 3.63) is 59.6 Å². The lowest BCUT2D eigenvalue weighted by molar-refractivity contribution is -0.120. The Hall–Kier alpha value is -2.81. The first-order valence-corrected chi connectivity index (χ1v) is 12.6. The topological polar surface area (TPSA) is 84.9 Å². The Morgan fingerprint density at radius 3 is 2.33 bits per heavy atom. The van der Waals surface area contributed by atoms with E-state index in [1.54, 1.807) is 24.3 Å². The van der Waals surface area contributed by atoms with E-state index >= 15 is 0 Å². The fourth-order valence-corrected chi connectivity index (χ4v) is 5.94. The number of nitrogens with one attached hydrogen (secondary N) is 1. The largest absolute Gasteiger partial charge is 0.486 e. The van der Waals surface area contributed by atoms with E-state index in [0.29, 0.717) is 48.3 Å². The summed E-state index contributed by atoms with van der Waals surface area (Å²) in [5.74, 6) is 0.599. The molecule has 0 aliphatic carbocycles. The third-order valence-corrected chi connectivity index (χ3v) is 8.28. The van der Waals surface area contributed by atoms with Crippen molar-refractivity contribution in [2.24, 2.45) is 5.92 Å². The molecule has 3 aromatic carbocycles. The summed E-state index contributed by atoms with van der Waals surface area (Å²) in [6.45, 7) is 1.45. The Morgan fingerprint density at radius 2 is 1.61 bits per heavy atom. The maximum atomic E-state index is 13.2. The number of ether oxygens (including phenoxy) is 2. The maximum Gasteiger partial charge on any atom is 0.243 e. The van der Waals surface area contributed by atoms with E-state index in [0.717, 1.165) is 10.8 Å². The van der Waals surface area contributed by atoms with Gasteiger partial charge in [-0.05, 0) is 35.7 Å². The normalized spacial score (nSPS) is 17.1. The van der Waals surface area contributed by atoms with Gasteiger partial charge in [-0.25, -0.2) is 8.42 Å². The second-order valence-corrected chi connectivity index (χ2v) is 10.5. The molecule has 172 valence electrons. The minimum absolute atomic E-state index is 0.184. The number of benzene rings is 3. The van der Waals surface area contributed by atoms with Gasteiger partial charge < -0.3 is 14.8 Å². The van der Waals surface area contributed by atoms with E-state index in [1.165, 1.54) is 4.31 Å². The number of sulfonamides is 1. The van der Waals surface area contributed by atoms with Crippen LogP contribution < -0.4 is 14.8 Å². The van der Waals surface area contributed by atoms with Gasteiger partial charge in [-0.3, -0.25) is 4.79 Å². The molecule has 0 atom stereocenters. The van der Waals surface area contributed by atoms with Gasteiger partial charge in [-0.15, -0.1) is 0 Å². The quantitative estimate of drug-likeness (QED) is 0.594. The highest BCUT2D eigenvalue weighted by molar-refractivity contribution is 7.89. The Bertz CT molecular complexity index is 1320. The lowest BCUT2D eigenvalue weighted by Crippen LogP contribution is -2.41. The zero-order valence-electron chi connectivity index (χ0n) is 17.8. The number of piperidine rings is 1. The van der Waals surface area contributed by atoms with Gasteiger partial charge in [0.05, 0.1) is 15.6 Å². The Kier molecular flexibility index (Phi) is 5.90. The van der Waals surface area contributed by atoms with Crippen molar-refractivity contribution >= 4 is 44.0 Å². The lowest BCUT2D eigenvalue weighted by atomic mass is 9.97. The standard InChI is InChI=1S/C24H23ClN2O5S/c25-20-14-22-23(32-12-11-31-22)15-21(20)26-24(28)17-7-9-27(10-8-17)33(29,30)19-6-5-16-3-1-2-4-18(16)13-19/h1-6,13-15,17H,7-12H2,(H,26,28). The third kappa shape index (κ3) is 4.38. The Balaban J connectivity index is 1.25. The molecule has 33 heavy (non-hydrogen) atoms. The number of hydrogen-bond acceptors (Lipinski definition) is 5. The highest BCUT2D eigenvalue weighted by atomic mass is 35.5. The van der Waals surface area contributed by atoms with Crippen molar-refractivity contribution in [3.63, 3.8) is 0 Å². The summed E-state index contributed by atoms with van der Waals surface area (Å²) in [4.78, 5) is 13.1. The molecule has 2 aliphatic rings. The molecule has 0 aromatic heterocycles. The molecule has 1 fully saturated rings. The van der Waals surface area contributed by atoms with Crippen molar-refractivity contribution in [1.29, 1.82) is 0 Å². The molecule has 2 aliphatic heterocycles. The molecule has 0 saturated carbocycles. The molecule has 7 nitrogen and oxygen atoms in total. The Labute approximate surface area is 197 Å². The number of amides is 1. The number of rotatable bonds is 4. The number of halogens is 1. The van der Waals surface area contributed by atoms with Crippen LogP contribution in [0.25, 0.3) is 10.8 Å². The summed E-state index contributed by atoms with van der Waals surface area (Å²) in [6.07, 6.45) is 0.863. The van der Waals surface area contributed by atoms with Gasteiger partial charge in [-0.2, -0.15) is 4.31 Å². The SMILES string of the molecule is O=C(Nc1cc2c(cc1Cl)OCCO2)C1CCN(S(=O)(=O)c2ccc3ccccc3c2)CC1. The van der Waals surface area contributed by atoms with Crippen LogP contribution in [0, 0.1) is 5.92 Å². The number of nitrogens with zero attached hydrogens (tertiary/aromatic N) is 1. The van der Waals surface area contributed by atoms with Crippen LogP contribution in [-0.2, 0) is 14.8 Å². The lowest BCUT2D eigenvalue weighted by Gasteiger charge is -2.30. The zero-order chi connectivity index (χ0) is 23.0. The summed E-state index contributed by atoms with van der Waals surface area (Å²) in [6, 6.07) is 16.1. The van der Waals surface area contributed by atoms with Crippen LogP contribution in [-0.4, -0.2) is 44.9 Å². The maximum absolute atomic E-state index is 13.2. The van der Waals surface area contributed by atoms with E-state index < -0.39 is 10.0 Å². The van der Waals surface area contributed by atoms with Gasteiger partial charge in [0.1, 0.15) is 13.2 Å². The molecule has 0 spiro atoms. The van der Waals surface area contributed by atoms with Crippen molar-refractivity contribution in [1.82, 2.24) is 4.31 Å². The summed E-state index contributed by atoms with van der Waals surface area (Å²) in [7, 11) is -3.63. The van der Waals surface area contributed by atoms with Gasteiger partial charge in [0, 0.05) is 31.1 Å². The number of fused-ring (bicyclic) bond motifs is 2. The van der Waals surface area contributed by atoms with Crippen LogP contribution >= 0.6 is 11.6 Å². The van der Waals surface area contributed by atoms with Gasteiger partial charge in [0.25, 0.3) is 0 Å². The highest BCUT2D eigenvalue weighted by Gasteiger charge is 2.32. The highest BCUT2D eigenvalue weighted by Crippen LogP contribution is 2.38. The predicted molar refractivity (Wildman–Crippen MR) is 127 cm³/mol. The van der Waals surface area contributed by atoms with E-state index in [4.69, 9.17) is 21.1 Å². The Morgan fingerprint density at radius 1 is 0.939 bits per heavy atom. The van der Waals surface area contributed by atoms with E-state index in [1.807, 2.05) is 30.3 Å². The van der Waals surface area contributed by atoms with Gasteiger partial charge >= 0.3 is 0 Å². The predicted octanol–water partition coefficient (Wildman–Crippen LogP) is 4.30. The van der Waals surface area contributed by atoms with Gasteiger partial charge in [0.2, 0.25) is 15.9 Å². The van der Waals surface area contributed by atoms with Crippen molar-refractivity contribution in [3.8, 4) is 11.5 Å². The fourth-order valence-electron chi connectivity index (χ4n) is 4.23. The average Bonchev–Trinajstić information content (AvgIpc) is 2.84. The second kappa shape index (κ2) is 8.85. The molecule has 0 radical (unpaired) electrons. The first-order valence-electron chi connectivity index (χ1n) is 10.8. The van der Waals surface area contributed by atoms with Gasteiger partial charge in [-0.1, -0.05) is 41.9 Å². The average molecular weight is 487 g/mol. The third-order valence-electron chi connectivity index (χ3n) is 6.07. The minimum atomic E-state index is -3.63. The van der Waals surface area contributed by atoms with E-state index in [9.17, 15) is 13.2 Å². The monoisotopic (exact) mass is 486 g/mol. The molecule has 1 amide bonds. The van der Waals surface area contributed by atoms with Crippen LogP contribution in [0.2, 0.25) is 5.02 Å². The van der Waals surface area contributed by atoms with Crippen LogP contribution in [0.5, 0.6) is 11.5 Å². The first-order chi connectivity index (χ1) is 15.9. The fraction of sp³-hybridized carbons (Fsp3) is 0.292. The number of anilines is 1. The number of carbonyl (C=O) groups excluding carboxylic acids is 1. The number of carbonyl (C=O) groups is 1. The molecule has 3 aromatic rings. The molecule has 9 heteroatoms. The van der Waals surface area contributed by atoms with E-state index in [2.05, 4.69) is 5.32 Å².